The summed E-state index contributed by atoms with van der Waals surface area (Å²) in [5.41, 5.74) is 4.21. The van der Waals surface area contributed by atoms with Crippen LogP contribution in [0.3, 0.4) is 0 Å². The highest BCUT2D eigenvalue weighted by molar-refractivity contribution is 6.35. The summed E-state index contributed by atoms with van der Waals surface area (Å²) in [7, 11) is 0. The van der Waals surface area contributed by atoms with Crippen LogP contribution in [-0.2, 0) is 0 Å². The van der Waals surface area contributed by atoms with Crippen molar-refractivity contribution in [3.8, 4) is 6.07 Å². The lowest BCUT2D eigenvalue weighted by atomic mass is 9.78. The Morgan fingerprint density at radius 3 is 2.54 bits per heavy atom. The number of rotatable bonds is 7. The molecule has 2 N–H and O–H groups in total. The predicted octanol–water partition coefficient (Wildman–Crippen LogP) is 7.26. The summed E-state index contributed by atoms with van der Waals surface area (Å²) >= 11 is 6.79. The maximum Gasteiger partial charge on any atom is 0.123 e. The molecule has 2 heterocycles. The molecule has 7 nitrogen and oxygen atoms in total. The van der Waals surface area contributed by atoms with Gasteiger partial charge in [0.25, 0.3) is 0 Å². The molecular formula is C30H31ClFN7. The Hall–Kier alpha value is -3.70. The van der Waals surface area contributed by atoms with E-state index in [1.807, 2.05) is 23.0 Å². The molecule has 2 aliphatic rings. The van der Waals surface area contributed by atoms with Gasteiger partial charge in [0.05, 0.1) is 40.1 Å². The Morgan fingerprint density at radius 1 is 1.10 bits per heavy atom. The zero-order valence-corrected chi connectivity index (χ0v) is 22.8. The van der Waals surface area contributed by atoms with Crippen molar-refractivity contribution in [2.24, 2.45) is 11.8 Å². The van der Waals surface area contributed by atoms with Crippen molar-refractivity contribution in [2.75, 3.05) is 10.6 Å². The quantitative estimate of drug-likeness (QED) is 0.255. The van der Waals surface area contributed by atoms with Gasteiger partial charge in [0.1, 0.15) is 17.6 Å². The molecule has 2 aromatic heterocycles. The number of halogens is 2. The molecule has 2 saturated carbocycles. The molecule has 0 radical (unpaired) electrons. The maximum absolute atomic E-state index is 13.8. The van der Waals surface area contributed by atoms with E-state index in [2.05, 4.69) is 45.8 Å². The van der Waals surface area contributed by atoms with Crippen molar-refractivity contribution < 1.29 is 4.39 Å². The van der Waals surface area contributed by atoms with Gasteiger partial charge in [0, 0.05) is 23.3 Å². The Bertz CT molecular complexity index is 1530. The SMILES string of the molecule is CC1CCCC(C)C1Nc1c(C#N)cnc2c(Cl)cc(NC(c3ccc(F)cc3)c3cn(C4CC4)nn3)cc12. The number of anilines is 2. The minimum Gasteiger partial charge on any atom is -0.380 e. The predicted molar refractivity (Wildman–Crippen MR) is 151 cm³/mol. The summed E-state index contributed by atoms with van der Waals surface area (Å²) in [5.74, 6) is 0.666. The Labute approximate surface area is 232 Å². The van der Waals surface area contributed by atoms with Gasteiger partial charge in [0.2, 0.25) is 0 Å². The first-order chi connectivity index (χ1) is 18.9. The molecule has 2 aliphatic carbocycles. The topological polar surface area (TPSA) is 91.5 Å². The van der Waals surface area contributed by atoms with Gasteiger partial charge in [-0.15, -0.1) is 5.10 Å². The molecule has 2 fully saturated rings. The molecule has 9 heteroatoms. The van der Waals surface area contributed by atoms with E-state index in [9.17, 15) is 9.65 Å². The van der Waals surface area contributed by atoms with Crippen LogP contribution in [-0.4, -0.2) is 26.0 Å². The minimum absolute atomic E-state index is 0.247. The summed E-state index contributed by atoms with van der Waals surface area (Å²) in [6.45, 7) is 4.54. The molecule has 4 aromatic rings. The maximum atomic E-state index is 13.8. The number of nitrogens with one attached hydrogen (secondary N) is 2. The molecule has 3 unspecified atom stereocenters. The molecule has 0 bridgehead atoms. The van der Waals surface area contributed by atoms with E-state index < -0.39 is 0 Å². The summed E-state index contributed by atoms with van der Waals surface area (Å²) in [5, 5.41) is 27.3. The lowest BCUT2D eigenvalue weighted by Gasteiger charge is -2.36. The summed E-state index contributed by atoms with van der Waals surface area (Å²) < 4.78 is 15.7. The summed E-state index contributed by atoms with van der Waals surface area (Å²) in [4.78, 5) is 4.53. The number of aromatic nitrogens is 4. The second kappa shape index (κ2) is 10.5. The molecule has 0 aliphatic heterocycles. The van der Waals surface area contributed by atoms with E-state index in [4.69, 9.17) is 11.6 Å². The van der Waals surface area contributed by atoms with Crippen molar-refractivity contribution in [3.05, 3.63) is 76.5 Å². The van der Waals surface area contributed by atoms with E-state index >= 15 is 0 Å². The average Bonchev–Trinajstić information content (AvgIpc) is 3.66. The van der Waals surface area contributed by atoms with Crippen molar-refractivity contribution in [2.45, 2.75) is 64.1 Å². The zero-order chi connectivity index (χ0) is 27.1. The fourth-order valence-electron chi connectivity index (χ4n) is 5.81. The van der Waals surface area contributed by atoms with Gasteiger partial charge < -0.3 is 10.6 Å². The third-order valence-corrected chi connectivity index (χ3v) is 8.45. The van der Waals surface area contributed by atoms with E-state index in [1.165, 1.54) is 18.6 Å². The van der Waals surface area contributed by atoms with Crippen LogP contribution < -0.4 is 10.6 Å². The van der Waals surface area contributed by atoms with E-state index in [-0.39, 0.29) is 17.9 Å². The van der Waals surface area contributed by atoms with E-state index in [0.29, 0.717) is 34.0 Å². The molecule has 0 amide bonds. The third kappa shape index (κ3) is 5.16. The van der Waals surface area contributed by atoms with E-state index in [0.717, 1.165) is 53.7 Å². The van der Waals surface area contributed by atoms with Crippen LogP contribution in [0.2, 0.25) is 5.02 Å². The zero-order valence-electron chi connectivity index (χ0n) is 22.0. The third-order valence-electron chi connectivity index (χ3n) is 8.16. The van der Waals surface area contributed by atoms with Crippen molar-refractivity contribution in [1.29, 1.82) is 5.26 Å². The Kier molecular flexibility index (Phi) is 6.86. The average molecular weight is 544 g/mol. The number of benzene rings is 2. The standard InChI is InChI=1S/C30H31ClFN7/c1-17-4-3-5-18(2)27(17)36-28-20(14-33)15-34-30-24(28)12-22(13-25(30)31)35-29(19-6-8-21(32)9-7-19)26-16-39(38-37-26)23-10-11-23/h6-9,12-13,15-18,23,27,29,35H,3-5,10-11H2,1-2H3,(H,34,36). The fraction of sp³-hybridized carbons (Fsp3) is 0.400. The van der Waals surface area contributed by atoms with Crippen LogP contribution in [0.25, 0.3) is 10.9 Å². The Morgan fingerprint density at radius 2 is 1.85 bits per heavy atom. The first-order valence-electron chi connectivity index (χ1n) is 13.6. The van der Waals surface area contributed by atoms with Crippen LogP contribution in [0.4, 0.5) is 15.8 Å². The first kappa shape index (κ1) is 25.6. The smallest absolute Gasteiger partial charge is 0.123 e. The molecule has 200 valence electrons. The number of hydrogen-bond donors (Lipinski definition) is 2. The summed E-state index contributed by atoms with van der Waals surface area (Å²) in [6, 6.07) is 12.8. The van der Waals surface area contributed by atoms with Crippen molar-refractivity contribution in [1.82, 2.24) is 20.0 Å². The largest absolute Gasteiger partial charge is 0.380 e. The van der Waals surface area contributed by atoms with Gasteiger partial charge in [-0.05, 0) is 67.3 Å². The molecule has 39 heavy (non-hydrogen) atoms. The molecule has 0 saturated heterocycles. The van der Waals surface area contributed by atoms with Gasteiger partial charge in [0.15, 0.2) is 0 Å². The van der Waals surface area contributed by atoms with Crippen LogP contribution in [0, 0.1) is 29.0 Å². The monoisotopic (exact) mass is 543 g/mol. The van der Waals surface area contributed by atoms with Crippen LogP contribution >= 0.6 is 11.6 Å². The number of nitriles is 1. The van der Waals surface area contributed by atoms with Crippen LogP contribution in [0.5, 0.6) is 0 Å². The highest BCUT2D eigenvalue weighted by atomic mass is 35.5. The molecule has 2 aromatic carbocycles. The highest BCUT2D eigenvalue weighted by Gasteiger charge is 2.30. The second-order valence-electron chi connectivity index (χ2n) is 11.1. The van der Waals surface area contributed by atoms with Gasteiger partial charge in [-0.3, -0.25) is 4.98 Å². The first-order valence-corrected chi connectivity index (χ1v) is 14.0. The Balaban J connectivity index is 1.42. The number of hydrogen-bond acceptors (Lipinski definition) is 6. The van der Waals surface area contributed by atoms with Gasteiger partial charge >= 0.3 is 0 Å². The molecule has 6 rings (SSSR count). The van der Waals surface area contributed by atoms with Crippen LogP contribution in [0.1, 0.15) is 74.9 Å². The fourth-order valence-corrected chi connectivity index (χ4v) is 6.07. The number of pyridine rings is 1. The van der Waals surface area contributed by atoms with Gasteiger partial charge in [-0.2, -0.15) is 5.26 Å². The summed E-state index contributed by atoms with van der Waals surface area (Å²) in [6.07, 6.45) is 9.27. The molecular weight excluding hydrogens is 513 g/mol. The second-order valence-corrected chi connectivity index (χ2v) is 11.5. The van der Waals surface area contributed by atoms with Crippen molar-refractivity contribution in [3.63, 3.8) is 0 Å². The molecule has 0 spiro atoms. The highest BCUT2D eigenvalue weighted by Crippen LogP contribution is 2.39. The number of nitrogens with zero attached hydrogens (tertiary/aromatic N) is 5. The molecule has 3 atom stereocenters. The van der Waals surface area contributed by atoms with Crippen molar-refractivity contribution >= 4 is 33.9 Å². The van der Waals surface area contributed by atoms with Crippen LogP contribution in [0.15, 0.2) is 48.8 Å². The van der Waals surface area contributed by atoms with Gasteiger partial charge in [-0.25, -0.2) is 9.07 Å². The lowest BCUT2D eigenvalue weighted by molar-refractivity contribution is 0.268. The van der Waals surface area contributed by atoms with E-state index in [1.54, 1.807) is 18.3 Å². The normalized spacial score (nSPS) is 21.9. The number of fused-ring (bicyclic) bond motifs is 1. The van der Waals surface area contributed by atoms with Gasteiger partial charge in [-0.1, -0.05) is 49.2 Å². The lowest BCUT2D eigenvalue weighted by Crippen LogP contribution is -2.37. The minimum atomic E-state index is -0.381.